The number of carbonyl (C=O) groups excluding carboxylic acids is 1. The molecule has 1 heterocycles. The van der Waals surface area contributed by atoms with E-state index in [9.17, 15) is 4.79 Å². The minimum Gasteiger partial charge on any atom is -1.00 e. The number of hydrogen-bond donors (Lipinski definition) is 0. The van der Waals surface area contributed by atoms with Crippen LogP contribution in [0.3, 0.4) is 0 Å². The summed E-state index contributed by atoms with van der Waals surface area (Å²) in [4.78, 5) is 11.9. The number of allylic oxidation sites excluding steroid dienone is 1. The zero-order valence-electron chi connectivity index (χ0n) is 17.6. The number of hydrogen-bond acceptors (Lipinski definition) is 4. The second-order valence-electron chi connectivity index (χ2n) is 7.24. The molecule has 1 aliphatic heterocycles. The molecule has 0 unspecified atom stereocenters. The fourth-order valence-electron chi connectivity index (χ4n) is 3.72. The van der Waals surface area contributed by atoms with Crippen LogP contribution in [0.25, 0.3) is 6.08 Å². The highest BCUT2D eigenvalue weighted by atomic mass is 127. The molecule has 0 aliphatic carbocycles. The minimum atomic E-state index is -0.330. The van der Waals surface area contributed by atoms with Gasteiger partial charge in [0.05, 0.1) is 32.3 Å². The quantitative estimate of drug-likeness (QED) is 0.347. The smallest absolute Gasteiger partial charge is 0.338 e. The molecule has 0 fully saturated rings. The number of halogens is 1. The summed E-state index contributed by atoms with van der Waals surface area (Å²) in [6, 6.07) is 11.5. The molecule has 0 N–H and O–H groups in total. The van der Waals surface area contributed by atoms with Crippen LogP contribution in [0, 0.1) is 0 Å². The number of methoxy groups -OCH3 is 3. The van der Waals surface area contributed by atoms with Crippen LogP contribution in [-0.4, -0.2) is 44.6 Å². The van der Waals surface area contributed by atoms with Gasteiger partial charge in [0, 0.05) is 17.7 Å². The van der Waals surface area contributed by atoms with Crippen LogP contribution in [0.1, 0.15) is 35.3 Å². The van der Waals surface area contributed by atoms with Crippen molar-refractivity contribution >= 4 is 23.4 Å². The lowest BCUT2D eigenvalue weighted by atomic mass is 9.81. The molecule has 2 aromatic rings. The van der Waals surface area contributed by atoms with E-state index in [1.807, 2.05) is 43.4 Å². The number of benzene rings is 2. The Kier molecular flexibility index (Phi) is 7.11. The van der Waals surface area contributed by atoms with Crippen molar-refractivity contribution in [3.8, 4) is 11.5 Å². The third-order valence-corrected chi connectivity index (χ3v) is 5.30. The van der Waals surface area contributed by atoms with Gasteiger partial charge in [0.2, 0.25) is 5.69 Å². The first-order chi connectivity index (χ1) is 13.3. The summed E-state index contributed by atoms with van der Waals surface area (Å²) >= 11 is 0. The van der Waals surface area contributed by atoms with Crippen molar-refractivity contribution in [1.82, 2.24) is 0 Å². The van der Waals surface area contributed by atoms with Crippen molar-refractivity contribution in [3.63, 3.8) is 0 Å². The Morgan fingerprint density at radius 3 is 2.28 bits per heavy atom. The van der Waals surface area contributed by atoms with E-state index in [1.54, 1.807) is 14.2 Å². The van der Waals surface area contributed by atoms with Crippen molar-refractivity contribution in [2.75, 3.05) is 28.4 Å². The number of ether oxygens (including phenoxy) is 3. The molecule has 0 atom stereocenters. The number of nitrogens with zero attached hydrogens (tertiary/aromatic N) is 1. The van der Waals surface area contributed by atoms with E-state index >= 15 is 0 Å². The lowest BCUT2D eigenvalue weighted by Gasteiger charge is -2.15. The van der Waals surface area contributed by atoms with Gasteiger partial charge in [0.25, 0.3) is 0 Å². The maximum Gasteiger partial charge on any atom is 0.338 e. The van der Waals surface area contributed by atoms with Gasteiger partial charge < -0.3 is 38.2 Å². The fraction of sp³-hybridized carbons (Fsp3) is 0.304. The van der Waals surface area contributed by atoms with Crippen LogP contribution in [0.4, 0.5) is 5.69 Å². The first-order valence-electron chi connectivity index (χ1n) is 9.07. The van der Waals surface area contributed by atoms with Crippen molar-refractivity contribution < 1.29 is 47.6 Å². The topological polar surface area (TPSA) is 47.8 Å². The second-order valence-corrected chi connectivity index (χ2v) is 7.24. The zero-order chi connectivity index (χ0) is 20.5. The first-order valence-corrected chi connectivity index (χ1v) is 9.07. The Morgan fingerprint density at radius 1 is 0.966 bits per heavy atom. The van der Waals surface area contributed by atoms with Crippen LogP contribution in [-0.2, 0) is 10.2 Å². The molecular formula is C23H26INO4. The normalized spacial score (nSPS) is 14.4. The average Bonchev–Trinajstić information content (AvgIpc) is 2.90. The van der Waals surface area contributed by atoms with Gasteiger partial charge in [-0.25, -0.2) is 4.79 Å². The molecule has 0 saturated heterocycles. The third kappa shape index (κ3) is 4.17. The van der Waals surface area contributed by atoms with Gasteiger partial charge in [0.15, 0.2) is 17.2 Å². The lowest BCUT2D eigenvalue weighted by molar-refractivity contribution is -0.401. The monoisotopic (exact) mass is 507 g/mol. The van der Waals surface area contributed by atoms with Gasteiger partial charge in [-0.05, 0) is 43.7 Å². The average molecular weight is 507 g/mol. The summed E-state index contributed by atoms with van der Waals surface area (Å²) in [5.41, 5.74) is 4.70. The number of rotatable bonds is 5. The van der Waals surface area contributed by atoms with Gasteiger partial charge in [-0.2, -0.15) is 4.58 Å². The molecule has 0 saturated carbocycles. The molecule has 154 valence electrons. The maximum atomic E-state index is 11.9. The van der Waals surface area contributed by atoms with Crippen LogP contribution in [0.5, 0.6) is 11.5 Å². The summed E-state index contributed by atoms with van der Waals surface area (Å²) in [6.07, 6.45) is 4.17. The molecule has 0 bridgehead atoms. The Hall–Kier alpha value is -2.35. The van der Waals surface area contributed by atoms with Gasteiger partial charge >= 0.3 is 5.97 Å². The van der Waals surface area contributed by atoms with Crippen molar-refractivity contribution in [2.45, 2.75) is 19.3 Å². The molecule has 29 heavy (non-hydrogen) atoms. The van der Waals surface area contributed by atoms with E-state index < -0.39 is 0 Å². The Morgan fingerprint density at radius 2 is 1.66 bits per heavy atom. The predicted molar refractivity (Wildman–Crippen MR) is 110 cm³/mol. The molecule has 5 nitrogen and oxygen atoms in total. The van der Waals surface area contributed by atoms with Crippen molar-refractivity contribution in [1.29, 1.82) is 0 Å². The highest BCUT2D eigenvalue weighted by Crippen LogP contribution is 2.40. The van der Waals surface area contributed by atoms with E-state index in [-0.39, 0.29) is 35.4 Å². The SMILES string of the molecule is COC(=O)c1ccc2c(c1)[N+](C)=C(C=Cc1ccc(OC)c(OC)c1)C2(C)C.[I-]. The minimum absolute atomic E-state index is 0. The van der Waals surface area contributed by atoms with E-state index in [1.165, 1.54) is 12.7 Å². The summed E-state index contributed by atoms with van der Waals surface area (Å²) in [5.74, 6) is 1.07. The molecule has 0 spiro atoms. The third-order valence-electron chi connectivity index (χ3n) is 5.30. The number of esters is 1. The van der Waals surface area contributed by atoms with Gasteiger partial charge in [-0.15, -0.1) is 0 Å². The van der Waals surface area contributed by atoms with E-state index in [0.29, 0.717) is 17.1 Å². The highest BCUT2D eigenvalue weighted by Gasteiger charge is 2.43. The van der Waals surface area contributed by atoms with E-state index in [2.05, 4.69) is 30.6 Å². The molecule has 2 aromatic carbocycles. The Labute approximate surface area is 189 Å². The van der Waals surface area contributed by atoms with E-state index in [0.717, 1.165) is 17.0 Å². The van der Waals surface area contributed by atoms with Crippen LogP contribution < -0.4 is 33.5 Å². The first kappa shape index (κ1) is 22.9. The van der Waals surface area contributed by atoms with Crippen molar-refractivity contribution in [3.05, 3.63) is 59.2 Å². The molecular weight excluding hydrogens is 481 g/mol. The zero-order valence-corrected chi connectivity index (χ0v) is 19.7. The van der Waals surface area contributed by atoms with Gasteiger partial charge in [0.1, 0.15) is 7.05 Å². The largest absolute Gasteiger partial charge is 1.00 e. The molecule has 1 aliphatic rings. The van der Waals surface area contributed by atoms with Crippen LogP contribution in [0.15, 0.2) is 42.5 Å². The van der Waals surface area contributed by atoms with E-state index in [4.69, 9.17) is 14.2 Å². The Bertz CT molecular complexity index is 992. The summed E-state index contributed by atoms with van der Waals surface area (Å²) < 4.78 is 17.7. The predicted octanol–water partition coefficient (Wildman–Crippen LogP) is 1.21. The van der Waals surface area contributed by atoms with Crippen molar-refractivity contribution in [2.24, 2.45) is 0 Å². The summed E-state index contributed by atoms with van der Waals surface area (Å²) in [5, 5.41) is 0. The standard InChI is InChI=1S/C23H26NO4.HI/c1-23(2)17-10-9-16(22(25)28-6)14-18(17)24(3)21(23)12-8-15-7-11-19(26-4)20(13-15)27-5;/h7-14H,1-6H3;1H/q+1;/p-1. The lowest BCUT2D eigenvalue weighted by Crippen LogP contribution is -3.00. The molecule has 0 amide bonds. The van der Waals surface area contributed by atoms with Crippen LogP contribution >= 0.6 is 0 Å². The molecule has 0 radical (unpaired) electrons. The Balaban J connectivity index is 0.00000300. The van der Waals surface area contributed by atoms with Gasteiger partial charge in [-0.1, -0.05) is 12.1 Å². The summed E-state index contributed by atoms with van der Waals surface area (Å²) in [6.45, 7) is 4.36. The van der Waals surface area contributed by atoms with Crippen LogP contribution in [0.2, 0.25) is 0 Å². The van der Waals surface area contributed by atoms with Gasteiger partial charge in [-0.3, -0.25) is 0 Å². The number of fused-ring (bicyclic) bond motifs is 1. The number of carbonyl (C=O) groups is 1. The molecule has 3 rings (SSSR count). The fourth-order valence-corrected chi connectivity index (χ4v) is 3.72. The highest BCUT2D eigenvalue weighted by molar-refractivity contribution is 6.05. The maximum absolute atomic E-state index is 11.9. The summed E-state index contributed by atoms with van der Waals surface area (Å²) in [7, 11) is 6.66. The molecule has 6 heteroatoms. The second kappa shape index (κ2) is 8.98. The molecule has 0 aromatic heterocycles.